The first-order chi connectivity index (χ1) is 10.4. The monoisotopic (exact) mass is 398 g/mol. The van der Waals surface area contributed by atoms with Crippen molar-refractivity contribution < 1.29 is 13.2 Å². The Labute approximate surface area is 142 Å². The number of carbonyl (C=O) groups excluding carboxylic acids is 1. The molecule has 0 bridgehead atoms. The largest absolute Gasteiger partial charge is 0.303 e. The molecule has 0 spiro atoms. The fourth-order valence-corrected chi connectivity index (χ4v) is 5.25. The molecule has 114 valence electrons. The average molecular weight is 400 g/mol. The SMILES string of the molecule is O=CC1C(c2ccc(Br)cc2)C1S(=O)(=O)c1ccc(Cl)cc1. The summed E-state index contributed by atoms with van der Waals surface area (Å²) in [6, 6.07) is 13.4. The van der Waals surface area contributed by atoms with Crippen LogP contribution in [0.5, 0.6) is 0 Å². The van der Waals surface area contributed by atoms with Gasteiger partial charge in [-0.25, -0.2) is 8.42 Å². The highest BCUT2D eigenvalue weighted by molar-refractivity contribution is 9.10. The van der Waals surface area contributed by atoms with Gasteiger partial charge in [0.25, 0.3) is 0 Å². The smallest absolute Gasteiger partial charge is 0.182 e. The van der Waals surface area contributed by atoms with Crippen LogP contribution in [0, 0.1) is 5.92 Å². The highest BCUT2D eigenvalue weighted by Crippen LogP contribution is 2.52. The molecule has 0 aliphatic heterocycles. The molecule has 6 heteroatoms. The summed E-state index contributed by atoms with van der Waals surface area (Å²) in [5.41, 5.74) is 0.864. The fraction of sp³-hybridized carbons (Fsp3) is 0.188. The normalized spacial score (nSPS) is 24.0. The fourth-order valence-electron chi connectivity index (χ4n) is 2.75. The van der Waals surface area contributed by atoms with Gasteiger partial charge in [-0.15, -0.1) is 0 Å². The quantitative estimate of drug-likeness (QED) is 0.734. The number of aldehydes is 1. The summed E-state index contributed by atoms with van der Waals surface area (Å²) in [5.74, 6) is -0.784. The molecule has 2 aromatic carbocycles. The second kappa shape index (κ2) is 5.80. The van der Waals surface area contributed by atoms with Crippen LogP contribution in [-0.4, -0.2) is 20.0 Å². The molecule has 1 aliphatic rings. The van der Waals surface area contributed by atoms with Crippen LogP contribution in [-0.2, 0) is 14.6 Å². The number of sulfone groups is 1. The van der Waals surface area contributed by atoms with Crippen molar-refractivity contribution in [3.05, 3.63) is 63.6 Å². The number of benzene rings is 2. The van der Waals surface area contributed by atoms with Crippen molar-refractivity contribution in [1.82, 2.24) is 0 Å². The number of hydrogen-bond acceptors (Lipinski definition) is 3. The van der Waals surface area contributed by atoms with Crippen molar-refractivity contribution in [3.63, 3.8) is 0 Å². The molecule has 0 amide bonds. The minimum Gasteiger partial charge on any atom is -0.303 e. The zero-order valence-electron chi connectivity index (χ0n) is 11.3. The number of hydrogen-bond donors (Lipinski definition) is 0. The van der Waals surface area contributed by atoms with Gasteiger partial charge in [0.2, 0.25) is 0 Å². The summed E-state index contributed by atoms with van der Waals surface area (Å²) >= 11 is 9.14. The molecule has 0 radical (unpaired) electrons. The maximum atomic E-state index is 12.7. The second-order valence-electron chi connectivity index (χ2n) is 5.25. The summed E-state index contributed by atoms with van der Waals surface area (Å²) in [7, 11) is -3.55. The maximum Gasteiger partial charge on any atom is 0.182 e. The Bertz CT molecular complexity index is 800. The van der Waals surface area contributed by atoms with Crippen LogP contribution < -0.4 is 0 Å². The first kappa shape index (κ1) is 15.7. The van der Waals surface area contributed by atoms with Gasteiger partial charge in [0.1, 0.15) is 6.29 Å². The number of rotatable bonds is 4. The van der Waals surface area contributed by atoms with Gasteiger partial charge >= 0.3 is 0 Å². The Morgan fingerprint density at radius 2 is 1.59 bits per heavy atom. The van der Waals surface area contributed by atoms with E-state index in [2.05, 4.69) is 15.9 Å². The van der Waals surface area contributed by atoms with Crippen molar-refractivity contribution in [1.29, 1.82) is 0 Å². The van der Waals surface area contributed by atoms with Gasteiger partial charge in [0, 0.05) is 21.3 Å². The van der Waals surface area contributed by atoms with Gasteiger partial charge < -0.3 is 4.79 Å². The van der Waals surface area contributed by atoms with Crippen LogP contribution in [0.1, 0.15) is 11.5 Å². The maximum absolute atomic E-state index is 12.7. The third-order valence-corrected chi connectivity index (χ3v) is 6.95. The molecule has 1 saturated carbocycles. The van der Waals surface area contributed by atoms with Crippen molar-refractivity contribution in [2.45, 2.75) is 16.1 Å². The number of carbonyl (C=O) groups is 1. The van der Waals surface area contributed by atoms with Gasteiger partial charge in [-0.2, -0.15) is 0 Å². The van der Waals surface area contributed by atoms with Crippen molar-refractivity contribution >= 4 is 43.7 Å². The van der Waals surface area contributed by atoms with Crippen LogP contribution in [0.2, 0.25) is 5.02 Å². The standard InChI is InChI=1S/C16H12BrClO3S/c17-11-3-1-10(2-4-11)15-14(9-19)16(15)22(20,21)13-7-5-12(18)6-8-13/h1-9,14-16H. The Kier molecular flexibility index (Phi) is 4.14. The third kappa shape index (κ3) is 2.73. The lowest BCUT2D eigenvalue weighted by Gasteiger charge is -2.04. The minimum atomic E-state index is -3.55. The lowest BCUT2D eigenvalue weighted by Crippen LogP contribution is -2.11. The summed E-state index contributed by atoms with van der Waals surface area (Å²) in [6.07, 6.45) is 0.741. The van der Waals surface area contributed by atoms with E-state index < -0.39 is 21.0 Å². The Morgan fingerprint density at radius 1 is 1.00 bits per heavy atom. The molecule has 3 unspecified atom stereocenters. The van der Waals surface area contributed by atoms with Crippen molar-refractivity contribution in [2.75, 3.05) is 0 Å². The van der Waals surface area contributed by atoms with Gasteiger partial charge in [0.05, 0.1) is 10.1 Å². The highest BCUT2D eigenvalue weighted by atomic mass is 79.9. The Hall–Kier alpha value is -1.17. The minimum absolute atomic E-state index is 0.202. The summed E-state index contributed by atoms with van der Waals surface area (Å²) in [5, 5.41) is -0.224. The molecule has 22 heavy (non-hydrogen) atoms. The second-order valence-corrected chi connectivity index (χ2v) is 8.71. The molecule has 2 aromatic rings. The Balaban J connectivity index is 1.95. The molecule has 0 saturated heterocycles. The summed E-state index contributed by atoms with van der Waals surface area (Å²) in [6.45, 7) is 0. The summed E-state index contributed by atoms with van der Waals surface area (Å²) in [4.78, 5) is 11.5. The average Bonchev–Trinajstić information content (AvgIpc) is 3.24. The molecule has 3 atom stereocenters. The van der Waals surface area contributed by atoms with E-state index in [0.29, 0.717) is 5.02 Å². The molecular formula is C16H12BrClO3S. The van der Waals surface area contributed by atoms with Gasteiger partial charge in [-0.05, 0) is 42.0 Å². The predicted molar refractivity (Wildman–Crippen MR) is 88.9 cm³/mol. The van der Waals surface area contributed by atoms with Gasteiger partial charge in [-0.3, -0.25) is 0 Å². The number of halogens is 2. The van der Waals surface area contributed by atoms with E-state index in [0.717, 1.165) is 16.3 Å². The van der Waals surface area contributed by atoms with E-state index in [9.17, 15) is 13.2 Å². The van der Waals surface area contributed by atoms with E-state index in [1.807, 2.05) is 24.3 Å². The van der Waals surface area contributed by atoms with Crippen LogP contribution >= 0.6 is 27.5 Å². The van der Waals surface area contributed by atoms with E-state index in [1.165, 1.54) is 12.1 Å². The van der Waals surface area contributed by atoms with Crippen LogP contribution in [0.3, 0.4) is 0 Å². The molecule has 3 rings (SSSR count). The van der Waals surface area contributed by atoms with E-state index >= 15 is 0 Å². The van der Waals surface area contributed by atoms with Crippen molar-refractivity contribution in [3.8, 4) is 0 Å². The predicted octanol–water partition coefficient (Wildman–Crippen LogP) is 3.86. The van der Waals surface area contributed by atoms with E-state index in [1.54, 1.807) is 12.1 Å². The van der Waals surface area contributed by atoms with Gasteiger partial charge in [0.15, 0.2) is 9.84 Å². The lowest BCUT2D eigenvalue weighted by atomic mass is 10.1. The van der Waals surface area contributed by atoms with Crippen LogP contribution in [0.25, 0.3) is 0 Å². The zero-order valence-corrected chi connectivity index (χ0v) is 14.5. The van der Waals surface area contributed by atoms with E-state index in [-0.39, 0.29) is 10.8 Å². The van der Waals surface area contributed by atoms with Crippen LogP contribution in [0.4, 0.5) is 0 Å². The molecule has 1 fully saturated rings. The molecule has 1 aliphatic carbocycles. The molecule has 0 aromatic heterocycles. The Morgan fingerprint density at radius 3 is 2.14 bits per heavy atom. The first-order valence-electron chi connectivity index (χ1n) is 6.65. The molecule has 0 N–H and O–H groups in total. The van der Waals surface area contributed by atoms with Gasteiger partial charge in [-0.1, -0.05) is 39.7 Å². The third-order valence-electron chi connectivity index (χ3n) is 3.92. The van der Waals surface area contributed by atoms with E-state index in [4.69, 9.17) is 11.6 Å². The topological polar surface area (TPSA) is 51.2 Å². The molecule has 0 heterocycles. The first-order valence-corrected chi connectivity index (χ1v) is 9.37. The zero-order chi connectivity index (χ0) is 15.9. The lowest BCUT2D eigenvalue weighted by molar-refractivity contribution is -0.108. The van der Waals surface area contributed by atoms with Crippen LogP contribution in [0.15, 0.2) is 57.9 Å². The highest BCUT2D eigenvalue weighted by Gasteiger charge is 2.58. The molecular weight excluding hydrogens is 388 g/mol. The van der Waals surface area contributed by atoms with Crippen molar-refractivity contribution in [2.24, 2.45) is 5.92 Å². The molecule has 3 nitrogen and oxygen atoms in total. The summed E-state index contributed by atoms with van der Waals surface area (Å²) < 4.78 is 26.3.